The summed E-state index contributed by atoms with van der Waals surface area (Å²) in [6, 6.07) is 7.62. The van der Waals surface area contributed by atoms with Gasteiger partial charge >= 0.3 is 0 Å². The quantitative estimate of drug-likeness (QED) is 0.814. The average Bonchev–Trinajstić information content (AvgIpc) is 2.86. The molecule has 0 aromatic heterocycles. The molecule has 2 rings (SSSR count). The van der Waals surface area contributed by atoms with Gasteiger partial charge in [0.05, 0.1) is 11.3 Å². The summed E-state index contributed by atoms with van der Waals surface area (Å²) in [5.41, 5.74) is 8.15. The number of hydrogen-bond donors (Lipinski definition) is 2. The van der Waals surface area contributed by atoms with Crippen LogP contribution in [0.4, 0.5) is 11.4 Å². The Morgan fingerprint density at radius 3 is 2.58 bits per heavy atom. The fourth-order valence-corrected chi connectivity index (χ4v) is 2.86. The van der Waals surface area contributed by atoms with Crippen LogP contribution in [0.5, 0.6) is 0 Å². The minimum atomic E-state index is 0.253. The maximum atomic E-state index is 8.87. The highest BCUT2D eigenvalue weighted by Gasteiger charge is 2.35. The summed E-state index contributed by atoms with van der Waals surface area (Å²) in [6.07, 6.45) is 5.07. The highest BCUT2D eigenvalue weighted by molar-refractivity contribution is 5.62. The first-order valence-corrected chi connectivity index (χ1v) is 6.78. The van der Waals surface area contributed by atoms with E-state index in [9.17, 15) is 0 Å². The topological polar surface area (TPSA) is 65.1 Å². The number of rotatable bonds is 4. The van der Waals surface area contributed by atoms with Crippen molar-refractivity contribution in [3.63, 3.8) is 0 Å². The molecule has 1 aromatic carbocycles. The summed E-state index contributed by atoms with van der Waals surface area (Å²) in [6.45, 7) is 0.922. The van der Waals surface area contributed by atoms with Gasteiger partial charge in [-0.15, -0.1) is 0 Å². The molecule has 1 aliphatic rings. The first kappa shape index (κ1) is 13.7. The van der Waals surface area contributed by atoms with E-state index in [0.717, 1.165) is 12.2 Å². The van der Waals surface area contributed by atoms with Gasteiger partial charge in [0.2, 0.25) is 0 Å². The molecule has 0 unspecified atom stereocenters. The maximum Gasteiger partial charge on any atom is 0.101 e. The minimum Gasteiger partial charge on any atom is -0.398 e. The Hall–Kier alpha value is -1.73. The summed E-state index contributed by atoms with van der Waals surface area (Å²) in [4.78, 5) is 2.33. The van der Waals surface area contributed by atoms with E-state index in [0.29, 0.717) is 11.3 Å². The summed E-state index contributed by atoms with van der Waals surface area (Å²) in [5, 5.41) is 12.3. The van der Waals surface area contributed by atoms with E-state index < -0.39 is 0 Å². The van der Waals surface area contributed by atoms with Crippen molar-refractivity contribution in [2.75, 3.05) is 31.7 Å². The Balaban J connectivity index is 2.06. The van der Waals surface area contributed by atoms with Crippen LogP contribution in [0.2, 0.25) is 0 Å². The van der Waals surface area contributed by atoms with Crippen molar-refractivity contribution >= 4 is 11.4 Å². The van der Waals surface area contributed by atoms with Gasteiger partial charge in [-0.3, -0.25) is 0 Å². The predicted molar refractivity (Wildman–Crippen MR) is 78.9 cm³/mol. The number of nitriles is 1. The van der Waals surface area contributed by atoms with Crippen molar-refractivity contribution in [1.29, 1.82) is 5.26 Å². The lowest BCUT2D eigenvalue weighted by Gasteiger charge is -2.36. The van der Waals surface area contributed by atoms with Crippen LogP contribution < -0.4 is 11.1 Å². The Bertz CT molecular complexity index is 481. The number of hydrogen-bond acceptors (Lipinski definition) is 4. The zero-order valence-corrected chi connectivity index (χ0v) is 11.7. The van der Waals surface area contributed by atoms with Crippen molar-refractivity contribution in [2.45, 2.75) is 31.2 Å². The van der Waals surface area contributed by atoms with E-state index in [1.165, 1.54) is 25.7 Å². The van der Waals surface area contributed by atoms with E-state index >= 15 is 0 Å². The molecule has 0 amide bonds. The van der Waals surface area contributed by atoms with Crippen LogP contribution in [-0.2, 0) is 0 Å². The number of nitrogens with zero attached hydrogens (tertiary/aromatic N) is 2. The van der Waals surface area contributed by atoms with Crippen molar-refractivity contribution in [2.24, 2.45) is 0 Å². The number of nitrogen functional groups attached to an aromatic ring is 1. The number of nitrogens with one attached hydrogen (secondary N) is 1. The Morgan fingerprint density at radius 1 is 1.37 bits per heavy atom. The molecule has 0 aliphatic heterocycles. The molecule has 19 heavy (non-hydrogen) atoms. The smallest absolute Gasteiger partial charge is 0.101 e. The fraction of sp³-hybridized carbons (Fsp3) is 0.533. The minimum absolute atomic E-state index is 0.253. The standard InChI is InChI=1S/C15H22N4/c1-19(2)15(7-3-4-8-15)11-18-13-6-5-12(10-16)14(17)9-13/h5-6,9,18H,3-4,7-8,11,17H2,1-2H3. The third-order valence-corrected chi connectivity index (χ3v) is 4.28. The Morgan fingerprint density at radius 2 is 2.05 bits per heavy atom. The fourth-order valence-electron chi connectivity index (χ4n) is 2.86. The molecule has 4 nitrogen and oxygen atoms in total. The third-order valence-electron chi connectivity index (χ3n) is 4.28. The molecule has 3 N–H and O–H groups in total. The first-order valence-electron chi connectivity index (χ1n) is 6.78. The number of anilines is 2. The molecule has 0 spiro atoms. The van der Waals surface area contributed by atoms with Crippen molar-refractivity contribution in [3.05, 3.63) is 23.8 Å². The van der Waals surface area contributed by atoms with Crippen LogP contribution in [0.25, 0.3) is 0 Å². The summed E-state index contributed by atoms with van der Waals surface area (Å²) in [5.74, 6) is 0. The highest BCUT2D eigenvalue weighted by Crippen LogP contribution is 2.34. The van der Waals surface area contributed by atoms with Gasteiger partial charge in [-0.2, -0.15) is 5.26 Å². The number of likely N-dealkylation sites (N-methyl/N-ethyl adjacent to an activating group) is 1. The first-order chi connectivity index (χ1) is 9.07. The third kappa shape index (κ3) is 2.82. The molecule has 0 heterocycles. The summed E-state index contributed by atoms with van der Waals surface area (Å²) in [7, 11) is 4.31. The summed E-state index contributed by atoms with van der Waals surface area (Å²) >= 11 is 0. The number of nitrogens with two attached hydrogens (primary N) is 1. The van der Waals surface area contributed by atoms with Crippen LogP contribution in [-0.4, -0.2) is 31.1 Å². The SMILES string of the molecule is CN(C)C1(CNc2ccc(C#N)c(N)c2)CCCC1. The van der Waals surface area contributed by atoms with Crippen molar-refractivity contribution in [1.82, 2.24) is 4.90 Å². The molecule has 0 radical (unpaired) electrons. The monoisotopic (exact) mass is 258 g/mol. The van der Waals surface area contributed by atoms with Crippen LogP contribution in [0.1, 0.15) is 31.2 Å². The number of benzene rings is 1. The van der Waals surface area contributed by atoms with E-state index in [-0.39, 0.29) is 5.54 Å². The van der Waals surface area contributed by atoms with E-state index in [1.807, 2.05) is 12.1 Å². The Labute approximate surface area is 115 Å². The van der Waals surface area contributed by atoms with Gasteiger partial charge in [0, 0.05) is 17.8 Å². The predicted octanol–water partition coefficient (Wildman–Crippen LogP) is 2.43. The molecule has 0 atom stereocenters. The van der Waals surface area contributed by atoms with Gasteiger partial charge in [-0.05, 0) is 45.1 Å². The Kier molecular flexibility index (Phi) is 3.96. The van der Waals surface area contributed by atoms with Crippen LogP contribution in [0, 0.1) is 11.3 Å². The largest absolute Gasteiger partial charge is 0.398 e. The van der Waals surface area contributed by atoms with Gasteiger partial charge < -0.3 is 16.0 Å². The van der Waals surface area contributed by atoms with Gasteiger partial charge in [0.15, 0.2) is 0 Å². The molecule has 1 aromatic rings. The lowest BCUT2D eigenvalue weighted by molar-refractivity contribution is 0.172. The molecular formula is C15H22N4. The zero-order valence-electron chi connectivity index (χ0n) is 11.7. The molecule has 0 bridgehead atoms. The van der Waals surface area contributed by atoms with Crippen LogP contribution in [0.3, 0.4) is 0 Å². The van der Waals surface area contributed by atoms with Gasteiger partial charge in [-0.25, -0.2) is 0 Å². The lowest BCUT2D eigenvalue weighted by atomic mass is 9.96. The highest BCUT2D eigenvalue weighted by atomic mass is 15.2. The van der Waals surface area contributed by atoms with Crippen molar-refractivity contribution < 1.29 is 0 Å². The van der Waals surface area contributed by atoms with E-state index in [4.69, 9.17) is 11.0 Å². The molecule has 1 saturated carbocycles. The summed E-state index contributed by atoms with van der Waals surface area (Å²) < 4.78 is 0. The molecular weight excluding hydrogens is 236 g/mol. The van der Waals surface area contributed by atoms with Crippen LogP contribution >= 0.6 is 0 Å². The van der Waals surface area contributed by atoms with Gasteiger partial charge in [0.1, 0.15) is 6.07 Å². The van der Waals surface area contributed by atoms with Crippen molar-refractivity contribution in [3.8, 4) is 6.07 Å². The molecule has 4 heteroatoms. The van der Waals surface area contributed by atoms with E-state index in [1.54, 1.807) is 6.07 Å². The normalized spacial score (nSPS) is 17.4. The molecule has 0 saturated heterocycles. The average molecular weight is 258 g/mol. The molecule has 102 valence electrons. The molecule has 1 fully saturated rings. The maximum absolute atomic E-state index is 8.87. The molecule has 1 aliphatic carbocycles. The zero-order chi connectivity index (χ0) is 13.9. The second-order valence-corrected chi connectivity index (χ2v) is 5.59. The second-order valence-electron chi connectivity index (χ2n) is 5.59. The second kappa shape index (κ2) is 5.50. The van der Waals surface area contributed by atoms with E-state index in [2.05, 4.69) is 30.4 Å². The van der Waals surface area contributed by atoms with Gasteiger partial charge in [-0.1, -0.05) is 12.8 Å². The van der Waals surface area contributed by atoms with Crippen LogP contribution in [0.15, 0.2) is 18.2 Å². The van der Waals surface area contributed by atoms with Gasteiger partial charge in [0.25, 0.3) is 0 Å². The lowest BCUT2D eigenvalue weighted by Crippen LogP contribution is -2.47.